The Bertz CT molecular complexity index is 1330. The number of nitrogens with one attached hydrogen (secondary N) is 1. The van der Waals surface area contributed by atoms with E-state index in [4.69, 9.17) is 9.47 Å². The number of methoxy groups -OCH3 is 2. The average molecular weight is 428 g/mol. The molecule has 4 aromatic rings. The second-order valence-electron chi connectivity index (χ2n) is 7.50. The standard InChI is InChI=1S/C26H24N2O4/c1-17-8-9-18-15-19(25(29)27-23(18)14-17)16-28(20-10-12-21(31-2)13-11-20)26(30)22-6-4-5-7-24(22)32-3/h4-15H,16H2,1-3H3,(H,27,29). The first-order valence-corrected chi connectivity index (χ1v) is 10.2. The number of nitrogens with zero attached hydrogens (tertiary/aromatic N) is 1. The molecule has 0 bridgehead atoms. The number of amides is 1. The normalized spacial score (nSPS) is 10.7. The second-order valence-corrected chi connectivity index (χ2v) is 7.50. The van der Waals surface area contributed by atoms with Crippen LogP contribution in [0.25, 0.3) is 10.9 Å². The van der Waals surface area contributed by atoms with Gasteiger partial charge in [0.25, 0.3) is 11.5 Å². The van der Waals surface area contributed by atoms with Gasteiger partial charge in [0.1, 0.15) is 11.5 Å². The van der Waals surface area contributed by atoms with Crippen LogP contribution in [-0.2, 0) is 6.54 Å². The molecule has 6 nitrogen and oxygen atoms in total. The van der Waals surface area contributed by atoms with E-state index >= 15 is 0 Å². The smallest absolute Gasteiger partial charge is 0.262 e. The van der Waals surface area contributed by atoms with Crippen molar-refractivity contribution in [2.45, 2.75) is 13.5 Å². The number of hydrogen-bond acceptors (Lipinski definition) is 4. The van der Waals surface area contributed by atoms with E-state index in [1.54, 1.807) is 54.5 Å². The predicted molar refractivity (Wildman–Crippen MR) is 126 cm³/mol. The summed E-state index contributed by atoms with van der Waals surface area (Å²) in [5, 5.41) is 0.907. The molecule has 1 N–H and O–H groups in total. The molecule has 0 saturated heterocycles. The molecular formula is C26H24N2O4. The van der Waals surface area contributed by atoms with Crippen LogP contribution in [0.4, 0.5) is 5.69 Å². The van der Waals surface area contributed by atoms with Crippen molar-refractivity contribution in [3.05, 3.63) is 99.8 Å². The first-order valence-electron chi connectivity index (χ1n) is 10.2. The number of H-pyrrole nitrogens is 1. The Morgan fingerprint density at radius 2 is 1.69 bits per heavy atom. The molecule has 1 aromatic heterocycles. The maximum Gasteiger partial charge on any atom is 0.262 e. The van der Waals surface area contributed by atoms with Gasteiger partial charge in [0.15, 0.2) is 0 Å². The number of aromatic amines is 1. The number of benzene rings is 3. The lowest BCUT2D eigenvalue weighted by Gasteiger charge is -2.24. The van der Waals surface area contributed by atoms with E-state index in [2.05, 4.69) is 4.98 Å². The Balaban J connectivity index is 1.79. The first kappa shape index (κ1) is 21.2. The highest BCUT2D eigenvalue weighted by Gasteiger charge is 2.22. The molecule has 1 amide bonds. The summed E-state index contributed by atoms with van der Waals surface area (Å²) in [6.07, 6.45) is 0. The molecule has 4 rings (SSSR count). The molecule has 0 aliphatic heterocycles. The highest BCUT2D eigenvalue weighted by molar-refractivity contribution is 6.07. The maximum absolute atomic E-state index is 13.6. The average Bonchev–Trinajstić information content (AvgIpc) is 2.82. The number of fused-ring (bicyclic) bond motifs is 1. The fourth-order valence-corrected chi connectivity index (χ4v) is 3.66. The number of para-hydroxylation sites is 1. The quantitative estimate of drug-likeness (QED) is 0.483. The molecule has 0 fully saturated rings. The van der Waals surface area contributed by atoms with E-state index in [0.29, 0.717) is 28.3 Å². The van der Waals surface area contributed by atoms with Crippen LogP contribution >= 0.6 is 0 Å². The fourth-order valence-electron chi connectivity index (χ4n) is 3.66. The second kappa shape index (κ2) is 8.98. The minimum Gasteiger partial charge on any atom is -0.497 e. The molecule has 0 atom stereocenters. The highest BCUT2D eigenvalue weighted by atomic mass is 16.5. The summed E-state index contributed by atoms with van der Waals surface area (Å²) >= 11 is 0. The summed E-state index contributed by atoms with van der Waals surface area (Å²) in [6, 6.07) is 21.9. The Morgan fingerprint density at radius 3 is 2.41 bits per heavy atom. The van der Waals surface area contributed by atoms with E-state index in [1.165, 1.54) is 7.11 Å². The van der Waals surface area contributed by atoms with Gasteiger partial charge in [-0.25, -0.2) is 0 Å². The van der Waals surface area contributed by atoms with Crippen LogP contribution in [-0.4, -0.2) is 25.1 Å². The van der Waals surface area contributed by atoms with Crippen LogP contribution in [0, 0.1) is 6.92 Å². The van der Waals surface area contributed by atoms with Crippen LogP contribution in [0.1, 0.15) is 21.5 Å². The van der Waals surface area contributed by atoms with Gasteiger partial charge < -0.3 is 19.4 Å². The number of ether oxygens (including phenoxy) is 2. The molecule has 0 aliphatic rings. The van der Waals surface area contributed by atoms with Gasteiger partial charge in [-0.1, -0.05) is 24.3 Å². The number of anilines is 1. The topological polar surface area (TPSA) is 71.6 Å². The van der Waals surface area contributed by atoms with Crippen LogP contribution in [0.3, 0.4) is 0 Å². The zero-order valence-corrected chi connectivity index (χ0v) is 18.2. The summed E-state index contributed by atoms with van der Waals surface area (Å²) in [5.41, 5.74) is 3.15. The van der Waals surface area contributed by atoms with E-state index in [9.17, 15) is 9.59 Å². The third kappa shape index (κ3) is 4.21. The number of pyridine rings is 1. The van der Waals surface area contributed by atoms with Gasteiger partial charge in [-0.15, -0.1) is 0 Å². The van der Waals surface area contributed by atoms with E-state index in [-0.39, 0.29) is 18.0 Å². The Hall–Kier alpha value is -4.06. The van der Waals surface area contributed by atoms with Gasteiger partial charge in [0.05, 0.1) is 26.3 Å². The SMILES string of the molecule is COc1ccc(N(Cc2cc3ccc(C)cc3[nH]c2=O)C(=O)c2ccccc2OC)cc1. The molecule has 162 valence electrons. The van der Waals surface area contributed by atoms with E-state index < -0.39 is 0 Å². The highest BCUT2D eigenvalue weighted by Crippen LogP contribution is 2.26. The number of aryl methyl sites for hydroxylation is 1. The fraction of sp³-hybridized carbons (Fsp3) is 0.154. The molecular weight excluding hydrogens is 404 g/mol. The molecule has 0 aliphatic carbocycles. The van der Waals surface area contributed by atoms with Gasteiger partial charge in [-0.2, -0.15) is 0 Å². The van der Waals surface area contributed by atoms with Crippen LogP contribution in [0.15, 0.2) is 77.6 Å². The summed E-state index contributed by atoms with van der Waals surface area (Å²) < 4.78 is 10.6. The van der Waals surface area contributed by atoms with Crippen LogP contribution in [0.2, 0.25) is 0 Å². The minimum atomic E-state index is -0.268. The van der Waals surface area contributed by atoms with Gasteiger partial charge >= 0.3 is 0 Å². The lowest BCUT2D eigenvalue weighted by molar-refractivity contribution is 0.0982. The maximum atomic E-state index is 13.6. The number of aromatic nitrogens is 1. The van der Waals surface area contributed by atoms with Crippen molar-refractivity contribution in [1.82, 2.24) is 4.98 Å². The minimum absolute atomic E-state index is 0.0996. The number of carbonyl (C=O) groups excluding carboxylic acids is 1. The molecule has 1 heterocycles. The van der Waals surface area contributed by atoms with E-state index in [0.717, 1.165) is 16.5 Å². The Labute approximate surface area is 186 Å². The zero-order valence-electron chi connectivity index (χ0n) is 18.2. The summed E-state index contributed by atoms with van der Waals surface area (Å²) in [7, 11) is 3.11. The lowest BCUT2D eigenvalue weighted by atomic mass is 10.1. The van der Waals surface area contributed by atoms with Crippen molar-refractivity contribution in [3.8, 4) is 11.5 Å². The van der Waals surface area contributed by atoms with Crippen molar-refractivity contribution in [3.63, 3.8) is 0 Å². The lowest BCUT2D eigenvalue weighted by Crippen LogP contribution is -2.33. The number of hydrogen-bond donors (Lipinski definition) is 1. The summed E-state index contributed by atoms with van der Waals surface area (Å²) in [6.45, 7) is 2.07. The predicted octanol–water partition coefficient (Wildman–Crippen LogP) is 4.70. The molecule has 3 aromatic carbocycles. The molecule has 0 radical (unpaired) electrons. The molecule has 0 unspecified atom stereocenters. The third-order valence-corrected chi connectivity index (χ3v) is 5.37. The monoisotopic (exact) mass is 428 g/mol. The van der Waals surface area contributed by atoms with E-state index in [1.807, 2.05) is 37.3 Å². The van der Waals surface area contributed by atoms with Gasteiger partial charge in [-0.05, 0) is 66.4 Å². The summed E-state index contributed by atoms with van der Waals surface area (Å²) in [4.78, 5) is 31.0. The van der Waals surface area contributed by atoms with Gasteiger partial charge in [-0.3, -0.25) is 9.59 Å². The zero-order chi connectivity index (χ0) is 22.7. The van der Waals surface area contributed by atoms with Crippen molar-refractivity contribution in [2.24, 2.45) is 0 Å². The largest absolute Gasteiger partial charge is 0.497 e. The number of rotatable bonds is 6. The molecule has 6 heteroatoms. The van der Waals surface area contributed by atoms with Gasteiger partial charge in [0.2, 0.25) is 0 Å². The van der Waals surface area contributed by atoms with Crippen LogP contribution < -0.4 is 19.9 Å². The summed E-state index contributed by atoms with van der Waals surface area (Å²) in [5.74, 6) is 0.882. The number of carbonyl (C=O) groups is 1. The molecule has 0 saturated carbocycles. The van der Waals surface area contributed by atoms with Crippen molar-refractivity contribution in [1.29, 1.82) is 0 Å². The third-order valence-electron chi connectivity index (χ3n) is 5.37. The van der Waals surface area contributed by atoms with Crippen molar-refractivity contribution >= 4 is 22.5 Å². The molecule has 32 heavy (non-hydrogen) atoms. The van der Waals surface area contributed by atoms with Gasteiger partial charge in [0, 0.05) is 16.8 Å². The van der Waals surface area contributed by atoms with Crippen LogP contribution in [0.5, 0.6) is 11.5 Å². The Morgan fingerprint density at radius 1 is 0.938 bits per heavy atom. The van der Waals surface area contributed by atoms with Crippen molar-refractivity contribution < 1.29 is 14.3 Å². The Kier molecular flexibility index (Phi) is 5.94. The first-order chi connectivity index (χ1) is 15.5. The molecule has 0 spiro atoms. The van der Waals surface area contributed by atoms with Crippen molar-refractivity contribution in [2.75, 3.05) is 19.1 Å².